The Morgan fingerprint density at radius 1 is 1.25 bits per heavy atom. The Bertz CT molecular complexity index is 596. The lowest BCUT2D eigenvalue weighted by Crippen LogP contribution is -2.46. The van der Waals surface area contributed by atoms with Crippen LogP contribution in [0.3, 0.4) is 0 Å². The van der Waals surface area contributed by atoms with Crippen molar-refractivity contribution in [1.29, 1.82) is 0 Å². The lowest BCUT2D eigenvalue weighted by atomic mass is 9.85. The van der Waals surface area contributed by atoms with E-state index < -0.39 is 6.10 Å². The molecule has 5 nitrogen and oxygen atoms in total. The highest BCUT2D eigenvalue weighted by molar-refractivity contribution is 5.98. The summed E-state index contributed by atoms with van der Waals surface area (Å²) in [5.41, 5.74) is 1.74. The molecule has 24 heavy (non-hydrogen) atoms. The molecule has 0 saturated heterocycles. The minimum atomic E-state index is -0.480. The molecule has 1 fully saturated rings. The summed E-state index contributed by atoms with van der Waals surface area (Å²) in [7, 11) is 0. The van der Waals surface area contributed by atoms with Gasteiger partial charge in [0.1, 0.15) is 0 Å². The molecule has 0 unspecified atom stereocenters. The predicted molar refractivity (Wildman–Crippen MR) is 91.6 cm³/mol. The molecule has 3 rings (SSSR count). The molecule has 1 atom stereocenters. The molecular formula is C19H26N2O3. The van der Waals surface area contributed by atoms with Crippen LogP contribution in [0.25, 0.3) is 0 Å². The van der Waals surface area contributed by atoms with Crippen molar-refractivity contribution in [1.82, 2.24) is 10.2 Å². The van der Waals surface area contributed by atoms with Crippen LogP contribution in [0.15, 0.2) is 24.3 Å². The first-order chi connectivity index (χ1) is 11.6. The zero-order chi connectivity index (χ0) is 16.9. The topological polar surface area (TPSA) is 69.6 Å². The van der Waals surface area contributed by atoms with Crippen LogP contribution in [0.1, 0.15) is 48.0 Å². The summed E-state index contributed by atoms with van der Waals surface area (Å²) in [6, 6.07) is 7.56. The molecule has 130 valence electrons. The predicted octanol–water partition coefficient (Wildman–Crippen LogP) is 1.74. The lowest BCUT2D eigenvalue weighted by molar-refractivity contribution is -0.122. The molecule has 1 aliphatic carbocycles. The molecule has 0 spiro atoms. The van der Waals surface area contributed by atoms with Crippen LogP contribution in [-0.2, 0) is 11.2 Å². The summed E-state index contributed by atoms with van der Waals surface area (Å²) in [6.07, 6.45) is 5.95. The number of aliphatic hydroxyl groups is 1. The molecule has 5 heteroatoms. The van der Waals surface area contributed by atoms with Crippen LogP contribution in [-0.4, -0.2) is 47.6 Å². The van der Waals surface area contributed by atoms with Gasteiger partial charge in [0.25, 0.3) is 5.91 Å². The Morgan fingerprint density at radius 3 is 2.79 bits per heavy atom. The highest BCUT2D eigenvalue weighted by Crippen LogP contribution is 2.26. The van der Waals surface area contributed by atoms with E-state index in [1.54, 1.807) is 4.90 Å². The number of hydrogen-bond donors (Lipinski definition) is 2. The maximum absolute atomic E-state index is 12.4. The third-order valence-electron chi connectivity index (χ3n) is 5.22. The average molecular weight is 330 g/mol. The normalized spacial score (nSPS) is 19.7. The first-order valence-electron chi connectivity index (χ1n) is 8.97. The van der Waals surface area contributed by atoms with Crippen molar-refractivity contribution in [3.63, 3.8) is 0 Å². The molecule has 0 aromatic heterocycles. The van der Waals surface area contributed by atoms with Gasteiger partial charge in [-0.25, -0.2) is 0 Å². The van der Waals surface area contributed by atoms with Crippen molar-refractivity contribution in [2.24, 2.45) is 5.92 Å². The van der Waals surface area contributed by atoms with E-state index in [0.717, 1.165) is 37.7 Å². The minimum Gasteiger partial charge on any atom is -0.391 e. The van der Waals surface area contributed by atoms with Gasteiger partial charge in [0.05, 0.1) is 12.6 Å². The molecular weight excluding hydrogens is 304 g/mol. The van der Waals surface area contributed by atoms with Crippen LogP contribution in [0.4, 0.5) is 0 Å². The van der Waals surface area contributed by atoms with E-state index in [4.69, 9.17) is 0 Å². The summed E-state index contributed by atoms with van der Waals surface area (Å²) in [5.74, 6) is 0.0139. The molecule has 1 aliphatic heterocycles. The van der Waals surface area contributed by atoms with Crippen LogP contribution in [0.5, 0.6) is 0 Å². The van der Waals surface area contributed by atoms with Crippen LogP contribution >= 0.6 is 0 Å². The van der Waals surface area contributed by atoms with E-state index >= 15 is 0 Å². The Kier molecular flexibility index (Phi) is 5.51. The number of benzene rings is 1. The number of carbonyl (C=O) groups is 2. The number of hydrogen-bond acceptors (Lipinski definition) is 3. The molecule has 2 aliphatic rings. The smallest absolute Gasteiger partial charge is 0.254 e. The fourth-order valence-electron chi connectivity index (χ4n) is 3.76. The fraction of sp³-hybridized carbons (Fsp3) is 0.579. The molecule has 1 saturated carbocycles. The Morgan fingerprint density at radius 2 is 2.00 bits per heavy atom. The second-order valence-electron chi connectivity index (χ2n) is 6.90. The highest BCUT2D eigenvalue weighted by atomic mass is 16.3. The zero-order valence-corrected chi connectivity index (χ0v) is 14.0. The van der Waals surface area contributed by atoms with Gasteiger partial charge in [0, 0.05) is 18.7 Å². The Balaban J connectivity index is 1.48. The van der Waals surface area contributed by atoms with Crippen molar-refractivity contribution < 1.29 is 14.7 Å². The average Bonchev–Trinajstić information content (AvgIpc) is 2.63. The number of fused-ring (bicyclic) bond motifs is 1. The van der Waals surface area contributed by atoms with E-state index in [1.807, 2.05) is 24.3 Å². The third kappa shape index (κ3) is 3.96. The summed E-state index contributed by atoms with van der Waals surface area (Å²) < 4.78 is 0. The van der Waals surface area contributed by atoms with Gasteiger partial charge < -0.3 is 15.3 Å². The summed E-state index contributed by atoms with van der Waals surface area (Å²) in [5, 5.41) is 13.0. The quantitative estimate of drug-likeness (QED) is 0.864. The van der Waals surface area contributed by atoms with Gasteiger partial charge in [0.2, 0.25) is 5.91 Å². The number of carbonyl (C=O) groups excluding carboxylic acids is 2. The van der Waals surface area contributed by atoms with Gasteiger partial charge in [-0.1, -0.05) is 37.5 Å². The van der Waals surface area contributed by atoms with Gasteiger partial charge in [-0.05, 0) is 36.8 Å². The SMILES string of the molecule is O=C(CN1CCc2ccccc2C1=O)NC[C@@H](O)C1CCCCC1. The van der Waals surface area contributed by atoms with Crippen LogP contribution in [0.2, 0.25) is 0 Å². The van der Waals surface area contributed by atoms with Crippen molar-refractivity contribution in [3.8, 4) is 0 Å². The molecule has 0 radical (unpaired) electrons. The molecule has 1 aromatic carbocycles. The molecule has 2 amide bonds. The second kappa shape index (κ2) is 7.79. The van der Waals surface area contributed by atoms with Crippen LogP contribution in [0, 0.1) is 5.92 Å². The maximum atomic E-state index is 12.4. The first kappa shape index (κ1) is 17.0. The van der Waals surface area contributed by atoms with E-state index in [9.17, 15) is 14.7 Å². The lowest BCUT2D eigenvalue weighted by Gasteiger charge is -2.29. The van der Waals surface area contributed by atoms with Gasteiger partial charge in [-0.15, -0.1) is 0 Å². The zero-order valence-electron chi connectivity index (χ0n) is 14.0. The first-order valence-corrected chi connectivity index (χ1v) is 8.97. The molecule has 0 bridgehead atoms. The summed E-state index contributed by atoms with van der Waals surface area (Å²) in [4.78, 5) is 26.2. The second-order valence-corrected chi connectivity index (χ2v) is 6.90. The number of nitrogens with one attached hydrogen (secondary N) is 1. The summed E-state index contributed by atoms with van der Waals surface area (Å²) in [6.45, 7) is 0.904. The maximum Gasteiger partial charge on any atom is 0.254 e. The van der Waals surface area contributed by atoms with E-state index in [0.29, 0.717) is 18.0 Å². The van der Waals surface area contributed by atoms with Gasteiger partial charge in [-0.3, -0.25) is 9.59 Å². The monoisotopic (exact) mass is 330 g/mol. The van der Waals surface area contributed by atoms with Gasteiger partial charge >= 0.3 is 0 Å². The molecule has 2 N–H and O–H groups in total. The number of rotatable bonds is 5. The van der Waals surface area contributed by atoms with Crippen molar-refractivity contribution in [3.05, 3.63) is 35.4 Å². The summed E-state index contributed by atoms with van der Waals surface area (Å²) >= 11 is 0. The number of aliphatic hydroxyl groups excluding tert-OH is 1. The Labute approximate surface area is 143 Å². The minimum absolute atomic E-state index is 0.0601. The van der Waals surface area contributed by atoms with E-state index in [2.05, 4.69) is 5.32 Å². The van der Waals surface area contributed by atoms with Gasteiger partial charge in [0.15, 0.2) is 0 Å². The van der Waals surface area contributed by atoms with E-state index in [-0.39, 0.29) is 24.9 Å². The van der Waals surface area contributed by atoms with E-state index in [1.165, 1.54) is 6.42 Å². The molecule has 1 heterocycles. The van der Waals surface area contributed by atoms with Gasteiger partial charge in [-0.2, -0.15) is 0 Å². The molecule has 1 aromatic rings. The fourth-order valence-corrected chi connectivity index (χ4v) is 3.76. The van der Waals surface area contributed by atoms with Crippen molar-refractivity contribution >= 4 is 11.8 Å². The highest BCUT2D eigenvalue weighted by Gasteiger charge is 2.26. The number of nitrogens with zero attached hydrogens (tertiary/aromatic N) is 1. The Hall–Kier alpha value is -1.88. The third-order valence-corrected chi connectivity index (χ3v) is 5.22. The largest absolute Gasteiger partial charge is 0.391 e. The standard InChI is InChI=1S/C19H26N2O3/c22-17(15-7-2-1-3-8-15)12-20-18(23)13-21-11-10-14-6-4-5-9-16(14)19(21)24/h4-6,9,15,17,22H,1-3,7-8,10-13H2,(H,20,23)/t17-/m1/s1. The number of amides is 2. The van der Waals surface area contributed by atoms with Crippen molar-refractivity contribution in [2.75, 3.05) is 19.6 Å². The van der Waals surface area contributed by atoms with Crippen molar-refractivity contribution in [2.45, 2.75) is 44.6 Å². The van der Waals surface area contributed by atoms with Crippen LogP contribution < -0.4 is 5.32 Å².